The highest BCUT2D eigenvalue weighted by Gasteiger charge is 2.23. The van der Waals surface area contributed by atoms with Gasteiger partial charge in [-0.1, -0.05) is 6.07 Å². The van der Waals surface area contributed by atoms with Crippen LogP contribution in [0.4, 0.5) is 8.78 Å². The smallest absolute Gasteiger partial charge is 0.193 e. The van der Waals surface area contributed by atoms with Crippen molar-refractivity contribution in [3.05, 3.63) is 51.5 Å². The molecule has 150 valence electrons. The van der Waals surface area contributed by atoms with Gasteiger partial charge in [-0.15, -0.1) is 35.3 Å². The van der Waals surface area contributed by atoms with E-state index in [2.05, 4.69) is 15.3 Å². The summed E-state index contributed by atoms with van der Waals surface area (Å²) >= 11 is 1.60. The average Bonchev–Trinajstić information content (AvgIpc) is 2.97. The fourth-order valence-electron chi connectivity index (χ4n) is 2.74. The molecule has 0 fully saturated rings. The van der Waals surface area contributed by atoms with Crippen LogP contribution in [0.3, 0.4) is 0 Å². The van der Waals surface area contributed by atoms with Gasteiger partial charge in [0.05, 0.1) is 23.3 Å². The molecule has 0 bridgehead atoms. The number of likely N-dealkylation sites (N-methyl/N-ethyl adjacent to an activating group) is 1. The molecule has 0 amide bonds. The normalized spacial score (nSPS) is 12.7. The van der Waals surface area contributed by atoms with Crippen molar-refractivity contribution >= 4 is 41.3 Å². The lowest BCUT2D eigenvalue weighted by atomic mass is 10.0. The molecule has 9 heteroatoms. The average molecular weight is 509 g/mol. The molecule has 0 saturated heterocycles. The summed E-state index contributed by atoms with van der Waals surface area (Å²) < 4.78 is 28.3. The highest BCUT2D eigenvalue weighted by molar-refractivity contribution is 14.0. The number of nitrogens with one attached hydrogen (secondary N) is 1. The number of hydrogen-bond donors (Lipinski definition) is 1. The van der Waals surface area contributed by atoms with Crippen LogP contribution in [0, 0.1) is 18.6 Å². The number of benzene rings is 1. The first-order chi connectivity index (χ1) is 12.3. The topological polar surface area (TPSA) is 43.8 Å². The van der Waals surface area contributed by atoms with Gasteiger partial charge in [-0.2, -0.15) is 0 Å². The predicted molar refractivity (Wildman–Crippen MR) is 118 cm³/mol. The van der Waals surface area contributed by atoms with Gasteiger partial charge in [-0.25, -0.2) is 13.8 Å². The molecule has 1 atom stereocenters. The first kappa shape index (κ1) is 23.7. The van der Waals surface area contributed by atoms with Crippen LogP contribution in [-0.2, 0) is 6.54 Å². The number of aromatic nitrogens is 1. The lowest BCUT2D eigenvalue weighted by Gasteiger charge is -2.28. The minimum absolute atomic E-state index is 0. The third-order valence-corrected chi connectivity index (χ3v) is 4.87. The Bertz CT molecular complexity index is 746. The van der Waals surface area contributed by atoms with E-state index >= 15 is 0 Å². The monoisotopic (exact) mass is 509 g/mol. The molecule has 5 nitrogen and oxygen atoms in total. The number of guanidine groups is 1. The van der Waals surface area contributed by atoms with E-state index in [-0.39, 0.29) is 29.5 Å². The summed E-state index contributed by atoms with van der Waals surface area (Å²) in [6, 6.07) is 3.46. The van der Waals surface area contributed by atoms with Crippen LogP contribution < -0.4 is 5.32 Å². The third kappa shape index (κ3) is 6.35. The number of thiazole rings is 1. The highest BCUT2D eigenvalue weighted by atomic mass is 127. The highest BCUT2D eigenvalue weighted by Crippen LogP contribution is 2.24. The summed E-state index contributed by atoms with van der Waals surface area (Å²) in [6.45, 7) is 2.88. The Kier molecular flexibility index (Phi) is 9.54. The van der Waals surface area contributed by atoms with E-state index in [9.17, 15) is 8.78 Å². The number of aliphatic imine (C=N–C) groups is 1. The van der Waals surface area contributed by atoms with Crippen molar-refractivity contribution in [2.45, 2.75) is 19.5 Å². The van der Waals surface area contributed by atoms with E-state index in [1.807, 2.05) is 24.3 Å². The molecule has 0 aliphatic heterocycles. The molecule has 1 heterocycles. The second-order valence-electron chi connectivity index (χ2n) is 6.26. The summed E-state index contributed by atoms with van der Waals surface area (Å²) in [5.41, 5.74) is 1.01. The molecule has 27 heavy (non-hydrogen) atoms. The number of nitrogens with zero attached hydrogens (tertiary/aromatic N) is 4. The van der Waals surface area contributed by atoms with Crippen molar-refractivity contribution in [1.82, 2.24) is 20.1 Å². The van der Waals surface area contributed by atoms with E-state index in [0.717, 1.165) is 10.7 Å². The van der Waals surface area contributed by atoms with Crippen LogP contribution in [0.25, 0.3) is 0 Å². The van der Waals surface area contributed by atoms with Crippen LogP contribution in [0.5, 0.6) is 0 Å². The van der Waals surface area contributed by atoms with Gasteiger partial charge in [-0.3, -0.25) is 4.99 Å². The minimum Gasteiger partial charge on any atom is -0.354 e. The van der Waals surface area contributed by atoms with Crippen LogP contribution in [0.1, 0.15) is 22.3 Å². The molecule has 0 aliphatic carbocycles. The van der Waals surface area contributed by atoms with Crippen LogP contribution in [0.2, 0.25) is 0 Å². The van der Waals surface area contributed by atoms with Gasteiger partial charge in [0.2, 0.25) is 0 Å². The molecular formula is C18H26F2IN5S. The number of halogens is 3. The summed E-state index contributed by atoms with van der Waals surface area (Å²) in [4.78, 5) is 12.4. The number of hydrogen-bond acceptors (Lipinski definition) is 4. The van der Waals surface area contributed by atoms with Gasteiger partial charge in [0.1, 0.15) is 11.6 Å². The fourth-order valence-corrected chi connectivity index (χ4v) is 3.35. The van der Waals surface area contributed by atoms with Crippen LogP contribution in [0.15, 0.2) is 28.6 Å². The van der Waals surface area contributed by atoms with Crippen molar-refractivity contribution < 1.29 is 8.78 Å². The Morgan fingerprint density at radius 1 is 1.26 bits per heavy atom. The molecule has 1 N–H and O–H groups in total. The Hall–Kier alpha value is -1.33. The maximum absolute atomic E-state index is 14.2. The Morgan fingerprint density at radius 3 is 2.37 bits per heavy atom. The first-order valence-electron chi connectivity index (χ1n) is 8.26. The van der Waals surface area contributed by atoms with Crippen LogP contribution >= 0.6 is 35.3 Å². The molecule has 2 rings (SSSR count). The van der Waals surface area contributed by atoms with E-state index in [1.165, 1.54) is 18.2 Å². The van der Waals surface area contributed by atoms with E-state index in [1.54, 1.807) is 37.4 Å². The predicted octanol–water partition coefficient (Wildman–Crippen LogP) is 3.66. The zero-order chi connectivity index (χ0) is 19.3. The molecule has 1 aromatic heterocycles. The minimum atomic E-state index is -0.549. The lowest BCUT2D eigenvalue weighted by Crippen LogP contribution is -2.42. The van der Waals surface area contributed by atoms with Crippen LogP contribution in [-0.4, -0.2) is 55.5 Å². The van der Waals surface area contributed by atoms with E-state index in [0.29, 0.717) is 19.0 Å². The van der Waals surface area contributed by atoms with Gasteiger partial charge in [-0.05, 0) is 33.2 Å². The quantitative estimate of drug-likeness (QED) is 0.367. The molecule has 2 aromatic rings. The second-order valence-corrected chi connectivity index (χ2v) is 7.32. The fraction of sp³-hybridized carbons (Fsp3) is 0.444. The maximum Gasteiger partial charge on any atom is 0.193 e. The standard InChI is InChI=1S/C18H25F2N5S.HI/c1-12-23-13(11-26-12)10-25(5)18(21-2)22-9-16(24(3)4)17-14(19)7-6-8-15(17)20;/h6-8,11,16H,9-10H2,1-5H3,(H,21,22);1H. The van der Waals surface area contributed by atoms with Crippen molar-refractivity contribution in [2.75, 3.05) is 34.7 Å². The lowest BCUT2D eigenvalue weighted by molar-refractivity contribution is 0.280. The Balaban J connectivity index is 0.00000364. The molecule has 0 saturated carbocycles. The summed E-state index contributed by atoms with van der Waals surface area (Å²) in [5.74, 6) is -0.460. The molecular weight excluding hydrogens is 483 g/mol. The maximum atomic E-state index is 14.2. The van der Waals surface area contributed by atoms with E-state index in [4.69, 9.17) is 0 Å². The summed E-state index contributed by atoms with van der Waals surface area (Å²) in [5, 5.41) is 6.23. The van der Waals surface area contributed by atoms with Gasteiger partial charge in [0.15, 0.2) is 5.96 Å². The van der Waals surface area contributed by atoms with E-state index < -0.39 is 17.7 Å². The van der Waals surface area contributed by atoms with Gasteiger partial charge < -0.3 is 15.1 Å². The molecule has 1 aromatic carbocycles. The SMILES string of the molecule is CN=C(NCC(c1c(F)cccc1F)N(C)C)N(C)Cc1csc(C)n1.I. The Labute approximate surface area is 180 Å². The molecule has 0 aliphatic rings. The summed E-state index contributed by atoms with van der Waals surface area (Å²) in [7, 11) is 7.17. The van der Waals surface area contributed by atoms with Gasteiger partial charge >= 0.3 is 0 Å². The number of rotatable bonds is 6. The zero-order valence-electron chi connectivity index (χ0n) is 16.2. The van der Waals surface area contributed by atoms with Crippen molar-refractivity contribution in [1.29, 1.82) is 0 Å². The van der Waals surface area contributed by atoms with Crippen molar-refractivity contribution in [3.63, 3.8) is 0 Å². The first-order valence-corrected chi connectivity index (χ1v) is 9.14. The van der Waals surface area contributed by atoms with Crippen molar-refractivity contribution in [3.8, 4) is 0 Å². The van der Waals surface area contributed by atoms with Gasteiger partial charge in [0.25, 0.3) is 0 Å². The number of aryl methyl sites for hydroxylation is 1. The zero-order valence-corrected chi connectivity index (χ0v) is 19.3. The molecule has 0 radical (unpaired) electrons. The molecule has 1 unspecified atom stereocenters. The third-order valence-electron chi connectivity index (χ3n) is 4.05. The Morgan fingerprint density at radius 2 is 1.89 bits per heavy atom. The second kappa shape index (κ2) is 10.9. The summed E-state index contributed by atoms with van der Waals surface area (Å²) in [6.07, 6.45) is 0. The van der Waals surface area contributed by atoms with Gasteiger partial charge in [0, 0.05) is 31.6 Å². The largest absolute Gasteiger partial charge is 0.354 e. The molecule has 0 spiro atoms. The van der Waals surface area contributed by atoms with Crippen molar-refractivity contribution in [2.24, 2.45) is 4.99 Å².